The Labute approximate surface area is 109 Å². The van der Waals surface area contributed by atoms with Crippen molar-refractivity contribution in [2.75, 3.05) is 20.1 Å². The molecule has 0 spiro atoms. The van der Waals surface area contributed by atoms with Crippen molar-refractivity contribution in [2.45, 2.75) is 38.8 Å². The van der Waals surface area contributed by atoms with Crippen LogP contribution in [-0.2, 0) is 6.54 Å². The van der Waals surface area contributed by atoms with Crippen LogP contribution in [-0.4, -0.2) is 31.1 Å². The molecule has 18 heavy (non-hydrogen) atoms. The van der Waals surface area contributed by atoms with Crippen LogP contribution < -0.4 is 5.32 Å². The maximum atomic E-state index is 13.3. The summed E-state index contributed by atoms with van der Waals surface area (Å²) in [6, 6.07) is 6.09. The van der Waals surface area contributed by atoms with E-state index in [4.69, 9.17) is 0 Å². The van der Waals surface area contributed by atoms with Crippen LogP contribution in [0.3, 0.4) is 0 Å². The lowest BCUT2D eigenvalue weighted by molar-refractivity contribution is 0.139. The molecule has 1 aliphatic heterocycles. The minimum Gasteiger partial charge on any atom is -0.318 e. The van der Waals surface area contributed by atoms with Crippen LogP contribution in [0.4, 0.5) is 4.39 Å². The highest BCUT2D eigenvalue weighted by Crippen LogP contribution is 2.20. The summed E-state index contributed by atoms with van der Waals surface area (Å²) in [5, 5.41) is 3.27. The van der Waals surface area contributed by atoms with Gasteiger partial charge in [0.1, 0.15) is 5.82 Å². The van der Waals surface area contributed by atoms with E-state index in [1.165, 1.54) is 24.8 Å². The van der Waals surface area contributed by atoms with E-state index in [1.807, 2.05) is 26.1 Å². The fourth-order valence-corrected chi connectivity index (χ4v) is 2.77. The molecule has 1 saturated heterocycles. The predicted molar refractivity (Wildman–Crippen MR) is 73.1 cm³/mol. The average Bonchev–Trinajstić information content (AvgIpc) is 2.37. The molecular formula is C15H23FN2. The van der Waals surface area contributed by atoms with Gasteiger partial charge < -0.3 is 5.32 Å². The van der Waals surface area contributed by atoms with Crippen molar-refractivity contribution < 1.29 is 4.39 Å². The van der Waals surface area contributed by atoms with Gasteiger partial charge in [-0.2, -0.15) is 0 Å². The molecule has 2 nitrogen and oxygen atoms in total. The van der Waals surface area contributed by atoms with Gasteiger partial charge >= 0.3 is 0 Å². The number of piperidine rings is 1. The Balaban J connectivity index is 2.03. The Morgan fingerprint density at radius 3 is 2.94 bits per heavy atom. The number of likely N-dealkylation sites (N-methyl/N-ethyl adjacent to an activating group) is 1. The topological polar surface area (TPSA) is 15.3 Å². The van der Waals surface area contributed by atoms with Crippen molar-refractivity contribution >= 4 is 0 Å². The fourth-order valence-electron chi connectivity index (χ4n) is 2.77. The van der Waals surface area contributed by atoms with Gasteiger partial charge in [0.2, 0.25) is 0 Å². The first-order valence-electron chi connectivity index (χ1n) is 6.84. The van der Waals surface area contributed by atoms with Crippen molar-refractivity contribution in [3.05, 3.63) is 35.1 Å². The standard InChI is InChI=1S/C15H23FN2/c1-12-9-13(6-7-15(12)16)11-18-8-4-3-5-14(18)10-17-2/h6-7,9,14,17H,3-5,8,10-11H2,1-2H3. The molecule has 0 bridgehead atoms. The van der Waals surface area contributed by atoms with Gasteiger partial charge in [-0.3, -0.25) is 4.90 Å². The number of nitrogens with one attached hydrogen (secondary N) is 1. The molecule has 100 valence electrons. The van der Waals surface area contributed by atoms with Gasteiger partial charge in [0, 0.05) is 19.1 Å². The van der Waals surface area contributed by atoms with Gasteiger partial charge in [-0.25, -0.2) is 4.39 Å². The van der Waals surface area contributed by atoms with Crippen molar-refractivity contribution in [2.24, 2.45) is 0 Å². The zero-order chi connectivity index (χ0) is 13.0. The second-order valence-electron chi connectivity index (χ2n) is 5.26. The summed E-state index contributed by atoms with van der Waals surface area (Å²) in [5.74, 6) is -0.107. The van der Waals surface area contributed by atoms with E-state index in [9.17, 15) is 4.39 Å². The van der Waals surface area contributed by atoms with E-state index in [2.05, 4.69) is 10.2 Å². The number of aryl methyl sites for hydroxylation is 1. The minimum atomic E-state index is -0.107. The molecule has 1 aliphatic rings. The number of rotatable bonds is 4. The van der Waals surface area contributed by atoms with Gasteiger partial charge in [-0.15, -0.1) is 0 Å². The summed E-state index contributed by atoms with van der Waals surface area (Å²) in [5.41, 5.74) is 1.96. The Kier molecular flexibility index (Phi) is 4.72. The zero-order valence-corrected chi connectivity index (χ0v) is 11.4. The molecule has 1 fully saturated rings. The van der Waals surface area contributed by atoms with Crippen LogP contribution in [0.5, 0.6) is 0 Å². The van der Waals surface area contributed by atoms with E-state index < -0.39 is 0 Å². The first-order valence-corrected chi connectivity index (χ1v) is 6.84. The molecule has 2 rings (SSSR count). The van der Waals surface area contributed by atoms with Crippen LogP contribution in [0.2, 0.25) is 0 Å². The van der Waals surface area contributed by atoms with Crippen molar-refractivity contribution in [3.63, 3.8) is 0 Å². The van der Waals surface area contributed by atoms with Crippen LogP contribution in [0, 0.1) is 12.7 Å². The molecule has 0 aromatic heterocycles. The van der Waals surface area contributed by atoms with E-state index in [0.29, 0.717) is 6.04 Å². The lowest BCUT2D eigenvalue weighted by Crippen LogP contribution is -2.44. The first kappa shape index (κ1) is 13.5. The average molecular weight is 250 g/mol. The third-order valence-electron chi connectivity index (χ3n) is 3.80. The summed E-state index contributed by atoms with van der Waals surface area (Å²) in [7, 11) is 2.01. The van der Waals surface area contributed by atoms with E-state index in [-0.39, 0.29) is 5.82 Å². The quantitative estimate of drug-likeness (QED) is 0.884. The molecule has 1 unspecified atom stereocenters. The third kappa shape index (κ3) is 3.30. The second kappa shape index (κ2) is 6.30. The van der Waals surface area contributed by atoms with Crippen molar-refractivity contribution in [3.8, 4) is 0 Å². The molecule has 0 radical (unpaired) electrons. The lowest BCUT2D eigenvalue weighted by atomic mass is 10.0. The van der Waals surface area contributed by atoms with Gasteiger partial charge in [-0.1, -0.05) is 18.6 Å². The molecule has 3 heteroatoms. The molecule has 0 saturated carbocycles. The Morgan fingerprint density at radius 2 is 2.22 bits per heavy atom. The number of hydrogen-bond donors (Lipinski definition) is 1. The monoisotopic (exact) mass is 250 g/mol. The summed E-state index contributed by atoms with van der Waals surface area (Å²) >= 11 is 0. The van der Waals surface area contributed by atoms with E-state index in [1.54, 1.807) is 6.07 Å². The van der Waals surface area contributed by atoms with Gasteiger partial charge in [-0.05, 0) is 50.6 Å². The molecule has 1 atom stereocenters. The fraction of sp³-hybridized carbons (Fsp3) is 0.600. The highest BCUT2D eigenvalue weighted by Gasteiger charge is 2.21. The zero-order valence-electron chi connectivity index (χ0n) is 11.4. The summed E-state index contributed by atoms with van der Waals surface area (Å²) in [4.78, 5) is 2.52. The number of benzene rings is 1. The Morgan fingerprint density at radius 1 is 1.39 bits per heavy atom. The SMILES string of the molecule is CNCC1CCCCN1Cc1ccc(F)c(C)c1. The Bertz CT molecular complexity index is 390. The third-order valence-corrected chi connectivity index (χ3v) is 3.80. The molecule has 1 aromatic rings. The predicted octanol–water partition coefficient (Wildman–Crippen LogP) is 2.71. The lowest BCUT2D eigenvalue weighted by Gasteiger charge is -2.35. The van der Waals surface area contributed by atoms with E-state index in [0.717, 1.165) is 25.2 Å². The smallest absolute Gasteiger partial charge is 0.126 e. The van der Waals surface area contributed by atoms with E-state index >= 15 is 0 Å². The maximum Gasteiger partial charge on any atom is 0.126 e. The van der Waals surface area contributed by atoms with Crippen molar-refractivity contribution in [1.82, 2.24) is 10.2 Å². The van der Waals surface area contributed by atoms with Gasteiger partial charge in [0.25, 0.3) is 0 Å². The number of halogens is 1. The highest BCUT2D eigenvalue weighted by molar-refractivity contribution is 5.24. The molecule has 0 amide bonds. The second-order valence-corrected chi connectivity index (χ2v) is 5.26. The molecular weight excluding hydrogens is 227 g/mol. The molecule has 0 aliphatic carbocycles. The number of nitrogens with zero attached hydrogens (tertiary/aromatic N) is 1. The van der Waals surface area contributed by atoms with Gasteiger partial charge in [0.15, 0.2) is 0 Å². The largest absolute Gasteiger partial charge is 0.318 e. The number of hydrogen-bond acceptors (Lipinski definition) is 2. The molecule has 1 heterocycles. The summed E-state index contributed by atoms with van der Waals surface area (Å²) in [6.07, 6.45) is 3.87. The van der Waals surface area contributed by atoms with Crippen LogP contribution in [0.15, 0.2) is 18.2 Å². The van der Waals surface area contributed by atoms with Crippen LogP contribution in [0.25, 0.3) is 0 Å². The summed E-state index contributed by atoms with van der Waals surface area (Å²) in [6.45, 7) is 4.97. The van der Waals surface area contributed by atoms with Crippen LogP contribution in [0.1, 0.15) is 30.4 Å². The highest BCUT2D eigenvalue weighted by atomic mass is 19.1. The van der Waals surface area contributed by atoms with Crippen molar-refractivity contribution in [1.29, 1.82) is 0 Å². The molecule has 1 aromatic carbocycles. The van der Waals surface area contributed by atoms with Crippen LogP contribution >= 0.6 is 0 Å². The maximum absolute atomic E-state index is 13.3. The number of likely N-dealkylation sites (tertiary alicyclic amines) is 1. The minimum absolute atomic E-state index is 0.107. The normalized spacial score (nSPS) is 21.2. The Hall–Kier alpha value is -0.930. The summed E-state index contributed by atoms with van der Waals surface area (Å²) < 4.78 is 13.3. The molecule has 1 N–H and O–H groups in total. The first-order chi connectivity index (χ1) is 8.70. The van der Waals surface area contributed by atoms with Gasteiger partial charge in [0.05, 0.1) is 0 Å².